The van der Waals surface area contributed by atoms with Crippen LogP contribution in [0, 0.1) is 5.92 Å². The number of H-pyrrole nitrogens is 1. The van der Waals surface area contributed by atoms with Gasteiger partial charge in [0, 0.05) is 29.0 Å². The van der Waals surface area contributed by atoms with Crippen molar-refractivity contribution >= 4 is 11.8 Å². The molecule has 1 saturated carbocycles. The van der Waals surface area contributed by atoms with Crippen LogP contribution in [-0.4, -0.2) is 30.1 Å². The smallest absolute Gasteiger partial charge is 0.119 e. The van der Waals surface area contributed by atoms with Crippen molar-refractivity contribution in [3.63, 3.8) is 0 Å². The number of rotatable bonds is 6. The van der Waals surface area contributed by atoms with Crippen LogP contribution in [0.4, 0.5) is 0 Å². The highest BCUT2D eigenvalue weighted by molar-refractivity contribution is 6.04. The van der Waals surface area contributed by atoms with E-state index in [4.69, 9.17) is 9.57 Å². The summed E-state index contributed by atoms with van der Waals surface area (Å²) in [5.74, 6) is 1.31. The number of ether oxygens (including phenoxy) is 1. The van der Waals surface area contributed by atoms with Gasteiger partial charge in [0.2, 0.25) is 0 Å². The van der Waals surface area contributed by atoms with Gasteiger partial charge in [0.05, 0.1) is 7.11 Å². The molecule has 5 nitrogen and oxygen atoms in total. The van der Waals surface area contributed by atoms with Crippen molar-refractivity contribution in [2.24, 2.45) is 11.1 Å². The van der Waals surface area contributed by atoms with Gasteiger partial charge in [-0.05, 0) is 36.1 Å². The Kier molecular flexibility index (Phi) is 4.66. The van der Waals surface area contributed by atoms with E-state index in [9.17, 15) is 0 Å². The lowest BCUT2D eigenvalue weighted by Crippen LogP contribution is -2.30. The topological polar surface area (TPSA) is 59.5 Å². The highest BCUT2D eigenvalue weighted by Crippen LogP contribution is 2.43. The highest BCUT2D eigenvalue weighted by Gasteiger charge is 2.39. The Bertz CT molecular complexity index is 1110. The number of oxime groups is 1. The summed E-state index contributed by atoms with van der Waals surface area (Å²) in [6.07, 6.45) is 7.57. The molecule has 1 unspecified atom stereocenters. The number of nitrogens with one attached hydrogen (secondary N) is 1. The summed E-state index contributed by atoms with van der Waals surface area (Å²) in [4.78, 5) is 5.12. The third-order valence-electron chi connectivity index (χ3n) is 6.14. The summed E-state index contributed by atoms with van der Waals surface area (Å²) in [5, 5.41) is 12.3. The second kappa shape index (κ2) is 7.48. The van der Waals surface area contributed by atoms with E-state index in [0.717, 1.165) is 47.7 Å². The fraction of sp³-hybridized carbons (Fsp3) is 0.280. The molecular formula is C25H25N3O2. The number of allylic oxidation sites excluding steroid dienone is 1. The fourth-order valence-corrected chi connectivity index (χ4v) is 4.43. The van der Waals surface area contributed by atoms with Crippen molar-refractivity contribution in [3.05, 3.63) is 88.8 Å². The maximum Gasteiger partial charge on any atom is 0.119 e. The molecule has 2 aliphatic rings. The lowest BCUT2D eigenvalue weighted by molar-refractivity contribution is 0.212. The first-order valence-corrected chi connectivity index (χ1v) is 10.3. The number of aromatic nitrogens is 2. The summed E-state index contributed by atoms with van der Waals surface area (Å²) in [5.41, 5.74) is 6.23. The summed E-state index contributed by atoms with van der Waals surface area (Å²) in [6.45, 7) is 0. The zero-order valence-corrected chi connectivity index (χ0v) is 17.3. The molecule has 5 heteroatoms. The van der Waals surface area contributed by atoms with Crippen LogP contribution in [-0.2, 0) is 16.7 Å². The molecule has 1 heterocycles. The molecule has 152 valence electrons. The van der Waals surface area contributed by atoms with E-state index in [1.54, 1.807) is 14.2 Å². The fourth-order valence-electron chi connectivity index (χ4n) is 4.43. The molecule has 3 aromatic rings. The van der Waals surface area contributed by atoms with E-state index in [1.165, 1.54) is 11.1 Å². The standard InChI is InChI=1S/C25H25N3O2/c1-29-20-10-6-9-19(15-20)25(18-7-4-3-5-8-18)14-13-21-22(16-25)26-27-24(21)23(28-30-2)17-11-12-17/h3-10,13-15,17H,11-12,16H2,1-2H3,(H,26,27). The van der Waals surface area contributed by atoms with E-state index in [2.05, 4.69) is 76.0 Å². The molecule has 5 rings (SSSR count). The van der Waals surface area contributed by atoms with Crippen molar-refractivity contribution in [1.82, 2.24) is 10.2 Å². The molecule has 1 atom stereocenters. The third kappa shape index (κ3) is 3.11. The highest BCUT2D eigenvalue weighted by atomic mass is 16.6. The summed E-state index contributed by atoms with van der Waals surface area (Å²) >= 11 is 0. The second-order valence-corrected chi connectivity index (χ2v) is 7.98. The van der Waals surface area contributed by atoms with Crippen molar-refractivity contribution < 1.29 is 9.57 Å². The average molecular weight is 399 g/mol. The van der Waals surface area contributed by atoms with Crippen molar-refractivity contribution in [2.45, 2.75) is 24.7 Å². The van der Waals surface area contributed by atoms with E-state index < -0.39 is 0 Å². The molecule has 0 bridgehead atoms. The second-order valence-electron chi connectivity index (χ2n) is 7.98. The van der Waals surface area contributed by atoms with E-state index in [0.29, 0.717) is 5.92 Å². The molecule has 0 saturated heterocycles. The molecule has 1 N–H and O–H groups in total. The van der Waals surface area contributed by atoms with Crippen molar-refractivity contribution in [3.8, 4) is 5.75 Å². The average Bonchev–Trinajstić information content (AvgIpc) is 3.57. The van der Waals surface area contributed by atoms with Crippen LogP contribution in [0.15, 0.2) is 65.8 Å². The number of hydrogen-bond acceptors (Lipinski definition) is 4. The molecule has 2 aliphatic carbocycles. The Labute approximate surface area is 176 Å². The van der Waals surface area contributed by atoms with Crippen LogP contribution in [0.1, 0.15) is 40.9 Å². The summed E-state index contributed by atoms with van der Waals surface area (Å²) in [7, 11) is 3.30. The molecule has 0 amide bonds. The number of hydrogen-bond donors (Lipinski definition) is 1. The molecule has 1 aromatic heterocycles. The molecule has 1 fully saturated rings. The quantitative estimate of drug-likeness (QED) is 0.481. The predicted octanol–water partition coefficient (Wildman–Crippen LogP) is 4.73. The maximum absolute atomic E-state index is 5.52. The molecule has 0 spiro atoms. The number of nitrogens with zero attached hydrogens (tertiary/aromatic N) is 2. The van der Waals surface area contributed by atoms with Gasteiger partial charge in [-0.25, -0.2) is 0 Å². The Hall–Kier alpha value is -3.34. The molecule has 0 aliphatic heterocycles. The van der Waals surface area contributed by atoms with Crippen LogP contribution in [0.25, 0.3) is 6.08 Å². The minimum Gasteiger partial charge on any atom is -0.497 e. The SMILES string of the molecule is CON=C(c1n[nH]c2c1C=CC(c1ccccc1)(c1cccc(OC)c1)C2)C1CC1. The summed E-state index contributed by atoms with van der Waals surface area (Å²) in [6, 6.07) is 19.0. The first-order valence-electron chi connectivity index (χ1n) is 10.3. The van der Waals surface area contributed by atoms with Gasteiger partial charge in [-0.2, -0.15) is 5.10 Å². The van der Waals surface area contributed by atoms with Crippen LogP contribution >= 0.6 is 0 Å². The van der Waals surface area contributed by atoms with Gasteiger partial charge in [0.15, 0.2) is 0 Å². The Morgan fingerprint density at radius 2 is 1.87 bits per heavy atom. The lowest BCUT2D eigenvalue weighted by Gasteiger charge is -2.34. The number of benzene rings is 2. The zero-order chi connectivity index (χ0) is 20.6. The van der Waals surface area contributed by atoms with Crippen LogP contribution < -0.4 is 4.74 Å². The first-order chi connectivity index (χ1) is 14.7. The zero-order valence-electron chi connectivity index (χ0n) is 17.3. The number of fused-ring (bicyclic) bond motifs is 1. The Morgan fingerprint density at radius 3 is 2.60 bits per heavy atom. The lowest BCUT2D eigenvalue weighted by atomic mass is 9.68. The van der Waals surface area contributed by atoms with E-state index >= 15 is 0 Å². The van der Waals surface area contributed by atoms with Gasteiger partial charge in [-0.15, -0.1) is 0 Å². The van der Waals surface area contributed by atoms with Gasteiger partial charge in [-0.3, -0.25) is 5.10 Å². The van der Waals surface area contributed by atoms with Crippen LogP contribution in [0.3, 0.4) is 0 Å². The largest absolute Gasteiger partial charge is 0.497 e. The Balaban J connectivity index is 1.63. The van der Waals surface area contributed by atoms with Crippen LogP contribution in [0.5, 0.6) is 5.75 Å². The predicted molar refractivity (Wildman–Crippen MR) is 118 cm³/mol. The molecule has 30 heavy (non-hydrogen) atoms. The van der Waals surface area contributed by atoms with Gasteiger partial charge in [-0.1, -0.05) is 59.8 Å². The Morgan fingerprint density at radius 1 is 1.07 bits per heavy atom. The number of methoxy groups -OCH3 is 1. The molecular weight excluding hydrogens is 374 g/mol. The normalized spacial score (nSPS) is 20.7. The summed E-state index contributed by atoms with van der Waals surface area (Å²) < 4.78 is 5.52. The van der Waals surface area contributed by atoms with Gasteiger partial charge >= 0.3 is 0 Å². The maximum atomic E-state index is 5.52. The number of aromatic amines is 1. The van der Waals surface area contributed by atoms with Crippen molar-refractivity contribution in [1.29, 1.82) is 0 Å². The van der Waals surface area contributed by atoms with Crippen molar-refractivity contribution in [2.75, 3.05) is 14.2 Å². The van der Waals surface area contributed by atoms with Gasteiger partial charge in [0.1, 0.15) is 24.3 Å². The minimum absolute atomic E-state index is 0.301. The third-order valence-corrected chi connectivity index (χ3v) is 6.14. The molecule has 2 aromatic carbocycles. The van der Waals surface area contributed by atoms with Gasteiger partial charge < -0.3 is 9.57 Å². The van der Waals surface area contributed by atoms with Crippen LogP contribution in [0.2, 0.25) is 0 Å². The minimum atomic E-state index is -0.301. The van der Waals surface area contributed by atoms with E-state index in [1.807, 2.05) is 6.07 Å². The first kappa shape index (κ1) is 18.7. The van der Waals surface area contributed by atoms with Gasteiger partial charge in [0.25, 0.3) is 0 Å². The molecule has 0 radical (unpaired) electrons. The monoisotopic (exact) mass is 399 g/mol. The van der Waals surface area contributed by atoms with E-state index in [-0.39, 0.29) is 5.41 Å².